The fraction of sp³-hybridized carbons (Fsp3) is 0.0133. The summed E-state index contributed by atoms with van der Waals surface area (Å²) in [5.74, 6) is 2.80. The third-order valence-corrected chi connectivity index (χ3v) is 15.1. The van der Waals surface area contributed by atoms with Gasteiger partial charge >= 0.3 is 0 Å². The average Bonchev–Trinajstić information content (AvgIpc) is 4.23. The molecular weight excluding hydrogens is 989 g/mol. The van der Waals surface area contributed by atoms with Crippen molar-refractivity contribution in [3.63, 3.8) is 0 Å². The fourth-order valence-electron chi connectivity index (χ4n) is 10.6. The van der Waals surface area contributed by atoms with Crippen molar-refractivity contribution in [2.45, 2.75) is 6.92 Å². The number of furan rings is 1. The van der Waals surface area contributed by atoms with E-state index in [1.54, 1.807) is 0 Å². The predicted octanol–water partition coefficient (Wildman–Crippen LogP) is 19.9. The van der Waals surface area contributed by atoms with Crippen molar-refractivity contribution >= 4 is 11.0 Å². The number of aromatic nitrogens is 4. The molecule has 0 aliphatic heterocycles. The summed E-state index contributed by atoms with van der Waals surface area (Å²) in [5, 5.41) is 8.53. The first-order valence-electron chi connectivity index (χ1n) is 27.2. The minimum Gasteiger partial charge on any atom is -0.456 e. The van der Waals surface area contributed by atoms with Crippen molar-refractivity contribution < 1.29 is 8.83 Å². The van der Waals surface area contributed by atoms with Gasteiger partial charge in [-0.05, 0) is 122 Å². The van der Waals surface area contributed by atoms with E-state index in [2.05, 4.69) is 217 Å². The van der Waals surface area contributed by atoms with Gasteiger partial charge in [-0.2, -0.15) is 0 Å². The lowest BCUT2D eigenvalue weighted by Gasteiger charge is -2.12. The molecule has 0 atom stereocenters. The number of hydrogen-bond acceptors (Lipinski definition) is 6. The highest BCUT2D eigenvalue weighted by molar-refractivity contribution is 5.88. The van der Waals surface area contributed by atoms with Gasteiger partial charge in [-0.25, -0.2) is 9.97 Å². The zero-order valence-electron chi connectivity index (χ0n) is 44.2. The maximum absolute atomic E-state index is 6.33. The Kier molecular flexibility index (Phi) is 12.7. The Morgan fingerprint density at radius 3 is 0.827 bits per heavy atom. The van der Waals surface area contributed by atoms with E-state index in [1.807, 2.05) is 84.9 Å². The molecule has 14 rings (SSSR count). The monoisotopic (exact) mass is 1040 g/mol. The van der Waals surface area contributed by atoms with E-state index in [-0.39, 0.29) is 0 Å². The summed E-state index contributed by atoms with van der Waals surface area (Å²) in [5.41, 5.74) is 24.3. The Bertz CT molecular complexity index is 4480. The Hall–Kier alpha value is -10.8. The molecule has 81 heavy (non-hydrogen) atoms. The Labute approximate surface area is 470 Å². The van der Waals surface area contributed by atoms with Crippen LogP contribution in [0.2, 0.25) is 0 Å². The molecule has 0 unspecified atom stereocenters. The molecule has 0 aliphatic rings. The van der Waals surface area contributed by atoms with Crippen molar-refractivity contribution in [1.29, 1.82) is 0 Å². The molecule has 14 aromatic rings. The second-order valence-corrected chi connectivity index (χ2v) is 20.3. The fourth-order valence-corrected chi connectivity index (χ4v) is 10.6. The highest BCUT2D eigenvalue weighted by atomic mass is 16.4. The molecule has 0 radical (unpaired) electrons. The normalized spacial score (nSPS) is 11.3. The lowest BCUT2D eigenvalue weighted by atomic mass is 9.96. The first kappa shape index (κ1) is 48.5. The Balaban J connectivity index is 0.639. The minimum atomic E-state index is 0.499. The van der Waals surface area contributed by atoms with Crippen LogP contribution < -0.4 is 0 Å². The second-order valence-electron chi connectivity index (χ2n) is 20.3. The standard InChI is InChI=1S/C75H50N4O2/c1-49-48-70(62-10-4-2-5-11-62)80-73(49)65-44-36-60(37-45-65)56-28-20-52(21-29-56)50-16-24-54(25-17-50)58-32-40-63(41-33-58)71-72(77-69-15-9-8-14-68(69)76-71)64-42-34-59(35-43-64)55-26-18-51(19-27-55)53-22-30-57(31-23-53)61-38-46-67(47-39-61)75-79-78-74(81-75)66-12-6-3-7-13-66/h2-48H,1H3. The van der Waals surface area contributed by atoms with Gasteiger partial charge < -0.3 is 8.83 Å². The Morgan fingerprint density at radius 1 is 0.235 bits per heavy atom. The SMILES string of the molecule is Cc1cc(-c2ccccc2)oc1-c1ccc(-c2ccc(-c3ccc(-c4ccc(-c5nc6ccccc6nc5-c5ccc(-c6ccc(-c7ccc(-c8ccc(-c9nnc(-c%10ccccc%10)o9)cc8)cc7)cc6)cc5)cc4)cc3)cc2)cc1. The number of nitrogens with zero attached hydrogens (tertiary/aromatic N) is 4. The molecule has 0 amide bonds. The van der Waals surface area contributed by atoms with E-state index in [4.69, 9.17) is 18.8 Å². The van der Waals surface area contributed by atoms with Gasteiger partial charge in [-0.15, -0.1) is 10.2 Å². The van der Waals surface area contributed by atoms with Gasteiger partial charge in [0, 0.05) is 33.4 Å². The highest BCUT2D eigenvalue weighted by Crippen LogP contribution is 2.38. The van der Waals surface area contributed by atoms with E-state index in [0.717, 1.165) is 123 Å². The van der Waals surface area contributed by atoms with Crippen LogP contribution in [0.4, 0.5) is 0 Å². The van der Waals surface area contributed by atoms with E-state index in [1.165, 1.54) is 16.7 Å². The zero-order valence-corrected chi connectivity index (χ0v) is 44.2. The summed E-state index contributed by atoms with van der Waals surface area (Å²) < 4.78 is 12.3. The van der Waals surface area contributed by atoms with Crippen molar-refractivity contribution in [1.82, 2.24) is 20.2 Å². The van der Waals surface area contributed by atoms with Crippen molar-refractivity contribution in [3.05, 3.63) is 291 Å². The van der Waals surface area contributed by atoms with Crippen LogP contribution in [0, 0.1) is 6.92 Å². The molecule has 6 nitrogen and oxygen atoms in total. The molecular formula is C75H50N4O2. The van der Waals surface area contributed by atoms with Crippen LogP contribution in [0.1, 0.15) is 5.56 Å². The highest BCUT2D eigenvalue weighted by Gasteiger charge is 2.17. The van der Waals surface area contributed by atoms with Crippen LogP contribution in [-0.4, -0.2) is 20.2 Å². The van der Waals surface area contributed by atoms with Crippen LogP contribution in [-0.2, 0) is 0 Å². The van der Waals surface area contributed by atoms with Crippen molar-refractivity contribution in [2.75, 3.05) is 0 Å². The van der Waals surface area contributed by atoms with Crippen LogP contribution in [0.25, 0.3) is 146 Å². The number of aryl methyl sites for hydroxylation is 1. The van der Waals surface area contributed by atoms with Crippen LogP contribution in [0.15, 0.2) is 294 Å². The molecule has 0 spiro atoms. The lowest BCUT2D eigenvalue weighted by molar-refractivity contribution is 0.584. The molecule has 0 saturated heterocycles. The Morgan fingerprint density at radius 2 is 0.494 bits per heavy atom. The maximum atomic E-state index is 6.33. The topological polar surface area (TPSA) is 77.8 Å². The zero-order chi connectivity index (χ0) is 54.1. The van der Waals surface area contributed by atoms with Gasteiger partial charge in [0.2, 0.25) is 11.8 Å². The summed E-state index contributed by atoms with van der Waals surface area (Å²) in [6, 6.07) is 99.6. The van der Waals surface area contributed by atoms with Gasteiger partial charge in [0.15, 0.2) is 0 Å². The number of fused-ring (bicyclic) bond motifs is 1. The molecule has 382 valence electrons. The van der Waals surface area contributed by atoms with Crippen LogP contribution in [0.5, 0.6) is 0 Å². The van der Waals surface area contributed by atoms with Crippen molar-refractivity contribution in [3.8, 4) is 135 Å². The van der Waals surface area contributed by atoms with E-state index in [9.17, 15) is 0 Å². The summed E-state index contributed by atoms with van der Waals surface area (Å²) in [7, 11) is 0. The lowest BCUT2D eigenvalue weighted by Crippen LogP contribution is -1.95. The summed E-state index contributed by atoms with van der Waals surface area (Å²) in [6.45, 7) is 2.10. The predicted molar refractivity (Wildman–Crippen MR) is 330 cm³/mol. The van der Waals surface area contributed by atoms with E-state index >= 15 is 0 Å². The molecule has 0 saturated carbocycles. The second kappa shape index (κ2) is 21.2. The molecule has 0 aliphatic carbocycles. The number of rotatable bonds is 12. The van der Waals surface area contributed by atoms with E-state index in [0.29, 0.717) is 11.8 Å². The molecule has 11 aromatic carbocycles. The molecule has 6 heteroatoms. The maximum Gasteiger partial charge on any atom is 0.248 e. The smallest absolute Gasteiger partial charge is 0.248 e. The van der Waals surface area contributed by atoms with Gasteiger partial charge in [-0.3, -0.25) is 0 Å². The first-order valence-corrected chi connectivity index (χ1v) is 27.2. The van der Waals surface area contributed by atoms with Crippen LogP contribution in [0.3, 0.4) is 0 Å². The largest absolute Gasteiger partial charge is 0.456 e. The van der Waals surface area contributed by atoms with Gasteiger partial charge in [0.05, 0.1) is 22.4 Å². The molecule has 3 aromatic heterocycles. The van der Waals surface area contributed by atoms with Gasteiger partial charge in [0.25, 0.3) is 0 Å². The van der Waals surface area contributed by atoms with Gasteiger partial charge in [-0.1, -0.05) is 243 Å². The molecule has 0 N–H and O–H groups in total. The summed E-state index contributed by atoms with van der Waals surface area (Å²) in [6.07, 6.45) is 0. The number of para-hydroxylation sites is 2. The molecule has 0 fully saturated rings. The average molecular weight is 1040 g/mol. The number of benzene rings is 11. The quantitative estimate of drug-likeness (QED) is 0.121. The third-order valence-electron chi connectivity index (χ3n) is 15.1. The van der Waals surface area contributed by atoms with E-state index < -0.39 is 0 Å². The summed E-state index contributed by atoms with van der Waals surface area (Å²) in [4.78, 5) is 10.4. The number of hydrogen-bond donors (Lipinski definition) is 0. The minimum absolute atomic E-state index is 0.499. The molecule has 0 bridgehead atoms. The first-order chi connectivity index (χ1) is 40.0. The van der Waals surface area contributed by atoms with Gasteiger partial charge in [0.1, 0.15) is 11.5 Å². The third kappa shape index (κ3) is 9.95. The van der Waals surface area contributed by atoms with Crippen LogP contribution >= 0.6 is 0 Å². The summed E-state index contributed by atoms with van der Waals surface area (Å²) >= 11 is 0. The molecule has 3 heterocycles. The van der Waals surface area contributed by atoms with Crippen molar-refractivity contribution in [2.24, 2.45) is 0 Å².